The van der Waals surface area contributed by atoms with E-state index in [4.69, 9.17) is 9.47 Å². The molecule has 0 fully saturated rings. The van der Waals surface area contributed by atoms with E-state index in [0.717, 1.165) is 37.2 Å². The molecule has 3 rings (SSSR count). The zero-order valence-corrected chi connectivity index (χ0v) is 16.7. The number of nitrogens with zero attached hydrogens (tertiary/aromatic N) is 1. The molecule has 148 valence electrons. The highest BCUT2D eigenvalue weighted by Crippen LogP contribution is 2.40. The van der Waals surface area contributed by atoms with Crippen LogP contribution in [0.2, 0.25) is 0 Å². The number of rotatable bonds is 8. The summed E-state index contributed by atoms with van der Waals surface area (Å²) in [6.07, 6.45) is 3.77. The van der Waals surface area contributed by atoms with E-state index in [0.29, 0.717) is 23.4 Å². The maximum absolute atomic E-state index is 12.8. The third kappa shape index (κ3) is 4.20. The maximum Gasteiger partial charge on any atom is 0.231 e. The number of hydrogen-bond acceptors (Lipinski definition) is 5. The van der Waals surface area contributed by atoms with Gasteiger partial charge >= 0.3 is 0 Å². The number of Topliss-reactive ketones (excluding diaryl/α,β-unsaturated/α-hetero) is 1. The van der Waals surface area contributed by atoms with E-state index >= 15 is 0 Å². The second-order valence-corrected chi connectivity index (χ2v) is 6.93. The van der Waals surface area contributed by atoms with Gasteiger partial charge in [0.25, 0.3) is 0 Å². The SMILES string of the molecule is CCCN(CCC)Cc1c(O)ccc2c1O/C(=C/c1ccc(OC)cc1)C2=O. The fourth-order valence-electron chi connectivity index (χ4n) is 3.43. The van der Waals surface area contributed by atoms with Gasteiger partial charge in [-0.2, -0.15) is 0 Å². The van der Waals surface area contributed by atoms with Gasteiger partial charge in [0.05, 0.1) is 18.2 Å². The number of allylic oxidation sites excluding steroid dienone is 1. The van der Waals surface area contributed by atoms with E-state index in [1.807, 2.05) is 24.3 Å². The summed E-state index contributed by atoms with van der Waals surface area (Å²) >= 11 is 0. The molecule has 0 aliphatic carbocycles. The number of phenols is 1. The number of aromatic hydroxyl groups is 1. The van der Waals surface area contributed by atoms with Gasteiger partial charge in [0.2, 0.25) is 5.78 Å². The largest absolute Gasteiger partial charge is 0.507 e. The van der Waals surface area contributed by atoms with E-state index in [1.54, 1.807) is 25.3 Å². The molecule has 1 N–H and O–H groups in total. The van der Waals surface area contributed by atoms with E-state index in [1.165, 1.54) is 0 Å². The zero-order valence-electron chi connectivity index (χ0n) is 16.7. The van der Waals surface area contributed by atoms with E-state index in [-0.39, 0.29) is 17.3 Å². The molecule has 0 atom stereocenters. The number of carbonyl (C=O) groups is 1. The summed E-state index contributed by atoms with van der Waals surface area (Å²) in [7, 11) is 1.61. The summed E-state index contributed by atoms with van der Waals surface area (Å²) in [4.78, 5) is 15.1. The molecule has 0 spiro atoms. The molecule has 0 radical (unpaired) electrons. The highest BCUT2D eigenvalue weighted by Gasteiger charge is 2.31. The van der Waals surface area contributed by atoms with Crippen LogP contribution in [0.3, 0.4) is 0 Å². The molecule has 0 aromatic heterocycles. The Morgan fingerprint density at radius 1 is 1.07 bits per heavy atom. The molecule has 1 aliphatic heterocycles. The van der Waals surface area contributed by atoms with Crippen molar-refractivity contribution < 1.29 is 19.4 Å². The first-order valence-electron chi connectivity index (χ1n) is 9.72. The third-order valence-electron chi connectivity index (χ3n) is 4.79. The summed E-state index contributed by atoms with van der Waals surface area (Å²) < 4.78 is 11.1. The van der Waals surface area contributed by atoms with Gasteiger partial charge in [-0.15, -0.1) is 0 Å². The van der Waals surface area contributed by atoms with Gasteiger partial charge in [0.15, 0.2) is 5.76 Å². The van der Waals surface area contributed by atoms with Crippen molar-refractivity contribution >= 4 is 11.9 Å². The Balaban J connectivity index is 1.90. The Morgan fingerprint density at radius 3 is 2.36 bits per heavy atom. The Bertz CT molecular complexity index is 865. The zero-order chi connectivity index (χ0) is 20.1. The fourth-order valence-corrected chi connectivity index (χ4v) is 3.43. The summed E-state index contributed by atoms with van der Waals surface area (Å²) in [6, 6.07) is 10.6. The number of carbonyl (C=O) groups excluding carboxylic acids is 1. The first-order valence-corrected chi connectivity index (χ1v) is 9.72. The number of fused-ring (bicyclic) bond motifs is 1. The van der Waals surface area contributed by atoms with Crippen LogP contribution >= 0.6 is 0 Å². The number of hydrogen-bond donors (Lipinski definition) is 1. The molecule has 0 bridgehead atoms. The lowest BCUT2D eigenvalue weighted by Gasteiger charge is -2.22. The first kappa shape index (κ1) is 20.0. The van der Waals surface area contributed by atoms with E-state index < -0.39 is 0 Å². The average Bonchev–Trinajstić information content (AvgIpc) is 3.01. The van der Waals surface area contributed by atoms with Crippen molar-refractivity contribution in [1.29, 1.82) is 0 Å². The number of phenolic OH excluding ortho intramolecular Hbond substituents is 1. The Morgan fingerprint density at radius 2 is 1.75 bits per heavy atom. The minimum atomic E-state index is -0.162. The number of methoxy groups -OCH3 is 1. The van der Waals surface area contributed by atoms with Crippen LogP contribution in [0.25, 0.3) is 6.08 Å². The van der Waals surface area contributed by atoms with E-state index in [2.05, 4.69) is 18.7 Å². The fraction of sp³-hybridized carbons (Fsp3) is 0.348. The van der Waals surface area contributed by atoms with Crippen molar-refractivity contribution in [2.45, 2.75) is 33.2 Å². The molecule has 0 amide bonds. The van der Waals surface area contributed by atoms with Crippen molar-refractivity contribution in [3.05, 3.63) is 58.8 Å². The lowest BCUT2D eigenvalue weighted by atomic mass is 10.0. The highest BCUT2D eigenvalue weighted by molar-refractivity contribution is 6.15. The van der Waals surface area contributed by atoms with Crippen LogP contribution in [-0.4, -0.2) is 36.0 Å². The van der Waals surface area contributed by atoms with Gasteiger partial charge in [-0.3, -0.25) is 9.69 Å². The monoisotopic (exact) mass is 381 g/mol. The van der Waals surface area contributed by atoms with Gasteiger partial charge in [-0.1, -0.05) is 26.0 Å². The molecule has 28 heavy (non-hydrogen) atoms. The lowest BCUT2D eigenvalue weighted by Crippen LogP contribution is -2.25. The normalized spacial score (nSPS) is 14.4. The molecule has 1 heterocycles. The van der Waals surface area contributed by atoms with Crippen molar-refractivity contribution in [3.8, 4) is 17.2 Å². The van der Waals surface area contributed by atoms with Crippen molar-refractivity contribution in [3.63, 3.8) is 0 Å². The Hall–Kier alpha value is -2.79. The molecule has 0 unspecified atom stereocenters. The van der Waals surface area contributed by atoms with Crippen molar-refractivity contribution in [2.24, 2.45) is 0 Å². The third-order valence-corrected chi connectivity index (χ3v) is 4.79. The Kier molecular flexibility index (Phi) is 6.37. The predicted molar refractivity (Wildman–Crippen MR) is 110 cm³/mol. The second kappa shape index (κ2) is 8.93. The van der Waals surface area contributed by atoms with Crippen LogP contribution in [0.5, 0.6) is 17.2 Å². The minimum absolute atomic E-state index is 0.162. The van der Waals surface area contributed by atoms with E-state index in [9.17, 15) is 9.90 Å². The first-order chi connectivity index (χ1) is 13.6. The van der Waals surface area contributed by atoms with Gasteiger partial charge in [-0.25, -0.2) is 0 Å². The van der Waals surface area contributed by atoms with Crippen molar-refractivity contribution in [2.75, 3.05) is 20.2 Å². The summed E-state index contributed by atoms with van der Waals surface area (Å²) in [5, 5.41) is 10.4. The molecule has 2 aromatic carbocycles. The summed E-state index contributed by atoms with van der Waals surface area (Å²) in [6.45, 7) is 6.68. The minimum Gasteiger partial charge on any atom is -0.507 e. The summed E-state index contributed by atoms with van der Waals surface area (Å²) in [5.41, 5.74) is 2.02. The maximum atomic E-state index is 12.8. The second-order valence-electron chi connectivity index (χ2n) is 6.93. The van der Waals surface area contributed by atoms with Crippen LogP contribution in [-0.2, 0) is 6.54 Å². The lowest BCUT2D eigenvalue weighted by molar-refractivity contribution is 0.101. The number of ketones is 1. The van der Waals surface area contributed by atoms with Gasteiger partial charge < -0.3 is 14.6 Å². The van der Waals surface area contributed by atoms with Gasteiger partial charge in [-0.05, 0) is 61.8 Å². The molecular weight excluding hydrogens is 354 g/mol. The quantitative estimate of drug-likeness (QED) is 0.675. The van der Waals surface area contributed by atoms with Crippen molar-refractivity contribution in [1.82, 2.24) is 4.90 Å². The predicted octanol–water partition coefficient (Wildman–Crippen LogP) is 4.64. The molecule has 2 aromatic rings. The standard InChI is InChI=1S/C23H27NO4/c1-4-12-24(13-5-2)15-19-20(25)11-10-18-22(26)21(28-23(18)19)14-16-6-8-17(27-3)9-7-16/h6-11,14,25H,4-5,12-13,15H2,1-3H3/b21-14+. The van der Waals surface area contributed by atoms with Gasteiger partial charge in [0, 0.05) is 6.54 Å². The summed E-state index contributed by atoms with van der Waals surface area (Å²) in [5.74, 6) is 1.49. The van der Waals surface area contributed by atoms with Crippen LogP contribution in [0.1, 0.15) is 48.2 Å². The number of ether oxygens (including phenoxy) is 2. The van der Waals surface area contributed by atoms with Crippen LogP contribution in [0.4, 0.5) is 0 Å². The van der Waals surface area contributed by atoms with Crippen LogP contribution in [0, 0.1) is 0 Å². The molecule has 5 nitrogen and oxygen atoms in total. The topological polar surface area (TPSA) is 59.0 Å². The van der Waals surface area contributed by atoms with Gasteiger partial charge in [0.1, 0.15) is 17.2 Å². The van der Waals surface area contributed by atoms with Crippen LogP contribution in [0.15, 0.2) is 42.2 Å². The average molecular weight is 381 g/mol. The molecular formula is C23H27NO4. The Labute approximate surface area is 166 Å². The highest BCUT2D eigenvalue weighted by atomic mass is 16.5. The molecule has 5 heteroatoms. The van der Waals surface area contributed by atoms with Crippen LogP contribution < -0.4 is 9.47 Å². The molecule has 1 aliphatic rings. The molecule has 0 saturated carbocycles. The number of benzene rings is 2. The smallest absolute Gasteiger partial charge is 0.231 e. The molecule has 0 saturated heterocycles.